The SMILES string of the molecule is CCC(CC)N(CCO)Cc1occc1C(=O)O. The first-order valence-electron chi connectivity index (χ1n) is 6.28. The number of aromatic carboxylic acids is 1. The van der Waals surface area contributed by atoms with Crippen LogP contribution < -0.4 is 0 Å². The minimum absolute atomic E-state index is 0.0552. The molecule has 1 rings (SSSR count). The molecule has 0 spiro atoms. The summed E-state index contributed by atoms with van der Waals surface area (Å²) in [6.07, 6.45) is 3.31. The number of nitrogens with zero attached hydrogens (tertiary/aromatic N) is 1. The highest BCUT2D eigenvalue weighted by Gasteiger charge is 2.20. The van der Waals surface area contributed by atoms with E-state index in [1.54, 1.807) is 0 Å². The topological polar surface area (TPSA) is 73.9 Å². The molecule has 18 heavy (non-hydrogen) atoms. The summed E-state index contributed by atoms with van der Waals surface area (Å²) in [5.41, 5.74) is 0.198. The molecule has 0 amide bonds. The van der Waals surface area contributed by atoms with Crippen molar-refractivity contribution >= 4 is 5.97 Å². The molecule has 0 fully saturated rings. The number of carboxylic acids is 1. The lowest BCUT2D eigenvalue weighted by Gasteiger charge is -2.29. The second kappa shape index (κ2) is 7.18. The van der Waals surface area contributed by atoms with E-state index in [0.29, 0.717) is 24.9 Å². The predicted octanol–water partition coefficient (Wildman–Crippen LogP) is 1.96. The summed E-state index contributed by atoms with van der Waals surface area (Å²) in [7, 11) is 0. The van der Waals surface area contributed by atoms with Crippen LogP contribution in [0.1, 0.15) is 42.8 Å². The molecule has 0 radical (unpaired) electrons. The lowest BCUT2D eigenvalue weighted by molar-refractivity contribution is 0.0689. The molecule has 5 nitrogen and oxygen atoms in total. The van der Waals surface area contributed by atoms with Crippen molar-refractivity contribution in [3.8, 4) is 0 Å². The number of hydrogen-bond donors (Lipinski definition) is 2. The fraction of sp³-hybridized carbons (Fsp3) is 0.615. The average molecular weight is 255 g/mol. The monoisotopic (exact) mass is 255 g/mol. The Hall–Kier alpha value is -1.33. The Balaban J connectivity index is 2.82. The van der Waals surface area contributed by atoms with Crippen LogP contribution >= 0.6 is 0 Å². The molecule has 0 aliphatic carbocycles. The van der Waals surface area contributed by atoms with Gasteiger partial charge in [0.1, 0.15) is 11.3 Å². The van der Waals surface area contributed by atoms with Gasteiger partial charge in [0.15, 0.2) is 0 Å². The van der Waals surface area contributed by atoms with E-state index in [-0.39, 0.29) is 12.2 Å². The first-order valence-corrected chi connectivity index (χ1v) is 6.28. The standard InChI is InChI=1S/C13H21NO4/c1-3-10(4-2)14(6-7-15)9-12-11(13(16)17)5-8-18-12/h5,8,10,15H,3-4,6-7,9H2,1-2H3,(H,16,17). The fourth-order valence-electron chi connectivity index (χ4n) is 2.16. The van der Waals surface area contributed by atoms with Gasteiger partial charge < -0.3 is 14.6 Å². The summed E-state index contributed by atoms with van der Waals surface area (Å²) in [6.45, 7) is 5.16. The molecule has 1 aromatic rings. The Bertz CT molecular complexity index is 371. The quantitative estimate of drug-likeness (QED) is 0.742. The van der Waals surface area contributed by atoms with E-state index in [1.807, 2.05) is 0 Å². The Morgan fingerprint density at radius 1 is 1.44 bits per heavy atom. The summed E-state index contributed by atoms with van der Waals surface area (Å²) < 4.78 is 5.24. The first-order chi connectivity index (χ1) is 8.63. The Morgan fingerprint density at radius 3 is 2.61 bits per heavy atom. The van der Waals surface area contributed by atoms with E-state index in [0.717, 1.165) is 12.8 Å². The van der Waals surface area contributed by atoms with Crippen LogP contribution in [0.3, 0.4) is 0 Å². The molecule has 0 bridgehead atoms. The van der Waals surface area contributed by atoms with Gasteiger partial charge in [0, 0.05) is 12.6 Å². The highest BCUT2D eigenvalue weighted by atomic mass is 16.4. The van der Waals surface area contributed by atoms with E-state index < -0.39 is 5.97 Å². The first kappa shape index (κ1) is 14.7. The Labute approximate surface area is 107 Å². The number of rotatable bonds is 8. The highest BCUT2D eigenvalue weighted by molar-refractivity contribution is 5.88. The van der Waals surface area contributed by atoms with Crippen LogP contribution in [0.2, 0.25) is 0 Å². The number of aliphatic hydroxyl groups is 1. The van der Waals surface area contributed by atoms with Crippen LogP contribution in [-0.4, -0.2) is 40.3 Å². The van der Waals surface area contributed by atoms with Gasteiger partial charge in [-0.15, -0.1) is 0 Å². The van der Waals surface area contributed by atoms with Gasteiger partial charge in [0.2, 0.25) is 0 Å². The van der Waals surface area contributed by atoms with Gasteiger partial charge in [-0.3, -0.25) is 4.90 Å². The average Bonchev–Trinajstić information content (AvgIpc) is 2.79. The maximum absolute atomic E-state index is 11.0. The zero-order valence-electron chi connectivity index (χ0n) is 10.9. The summed E-state index contributed by atoms with van der Waals surface area (Å²) in [6, 6.07) is 1.78. The van der Waals surface area contributed by atoms with Crippen molar-refractivity contribution in [2.24, 2.45) is 0 Å². The third-order valence-electron chi connectivity index (χ3n) is 3.17. The maximum Gasteiger partial charge on any atom is 0.339 e. The van der Waals surface area contributed by atoms with Gasteiger partial charge >= 0.3 is 5.97 Å². The van der Waals surface area contributed by atoms with Crippen LogP contribution in [-0.2, 0) is 6.54 Å². The van der Waals surface area contributed by atoms with Gasteiger partial charge in [0.05, 0.1) is 19.4 Å². The number of furan rings is 1. The van der Waals surface area contributed by atoms with Crippen molar-refractivity contribution in [2.45, 2.75) is 39.3 Å². The molecule has 5 heteroatoms. The zero-order valence-corrected chi connectivity index (χ0v) is 10.9. The van der Waals surface area contributed by atoms with Crippen molar-refractivity contribution in [1.29, 1.82) is 0 Å². The van der Waals surface area contributed by atoms with Crippen LogP contribution in [0.5, 0.6) is 0 Å². The van der Waals surface area contributed by atoms with Crippen LogP contribution in [0.25, 0.3) is 0 Å². The Kier molecular flexibility index (Phi) is 5.88. The van der Waals surface area contributed by atoms with E-state index in [2.05, 4.69) is 18.7 Å². The number of aliphatic hydroxyl groups excluding tert-OH is 1. The van der Waals surface area contributed by atoms with Gasteiger partial charge in [-0.05, 0) is 18.9 Å². The minimum Gasteiger partial charge on any atom is -0.478 e. The van der Waals surface area contributed by atoms with Crippen molar-refractivity contribution in [1.82, 2.24) is 4.90 Å². The van der Waals surface area contributed by atoms with Crippen molar-refractivity contribution in [2.75, 3.05) is 13.2 Å². The third kappa shape index (κ3) is 3.58. The molecule has 0 unspecified atom stereocenters. The van der Waals surface area contributed by atoms with Crippen molar-refractivity contribution in [3.05, 3.63) is 23.7 Å². The molecule has 0 atom stereocenters. The largest absolute Gasteiger partial charge is 0.478 e. The summed E-state index contributed by atoms with van der Waals surface area (Å²) in [5.74, 6) is -0.532. The molecule has 0 aliphatic rings. The van der Waals surface area contributed by atoms with Crippen LogP contribution in [0.4, 0.5) is 0 Å². The summed E-state index contributed by atoms with van der Waals surface area (Å²) in [4.78, 5) is 13.1. The molecular formula is C13H21NO4. The van der Waals surface area contributed by atoms with Gasteiger partial charge in [0.25, 0.3) is 0 Å². The van der Waals surface area contributed by atoms with Gasteiger partial charge in [-0.25, -0.2) is 4.79 Å². The smallest absolute Gasteiger partial charge is 0.339 e. The highest BCUT2D eigenvalue weighted by Crippen LogP contribution is 2.17. The maximum atomic E-state index is 11.0. The molecule has 0 aromatic carbocycles. The molecule has 2 N–H and O–H groups in total. The summed E-state index contributed by atoms with van der Waals surface area (Å²) >= 11 is 0. The lowest BCUT2D eigenvalue weighted by Crippen LogP contribution is -2.36. The molecular weight excluding hydrogens is 234 g/mol. The lowest BCUT2D eigenvalue weighted by atomic mass is 10.1. The normalized spacial score (nSPS) is 11.4. The van der Waals surface area contributed by atoms with Crippen LogP contribution in [0, 0.1) is 0 Å². The van der Waals surface area contributed by atoms with E-state index in [1.165, 1.54) is 12.3 Å². The van der Waals surface area contributed by atoms with E-state index >= 15 is 0 Å². The van der Waals surface area contributed by atoms with Gasteiger partial charge in [-0.1, -0.05) is 13.8 Å². The summed E-state index contributed by atoms with van der Waals surface area (Å²) in [5, 5.41) is 18.1. The van der Waals surface area contributed by atoms with E-state index in [4.69, 9.17) is 14.6 Å². The number of carboxylic acid groups (broad SMARTS) is 1. The zero-order chi connectivity index (χ0) is 13.5. The molecule has 0 saturated carbocycles. The predicted molar refractivity (Wildman–Crippen MR) is 67.5 cm³/mol. The van der Waals surface area contributed by atoms with Crippen LogP contribution in [0.15, 0.2) is 16.7 Å². The second-order valence-corrected chi connectivity index (χ2v) is 4.23. The number of carbonyl (C=O) groups is 1. The molecule has 0 saturated heterocycles. The number of hydrogen-bond acceptors (Lipinski definition) is 4. The second-order valence-electron chi connectivity index (χ2n) is 4.23. The van der Waals surface area contributed by atoms with Crippen molar-refractivity contribution in [3.63, 3.8) is 0 Å². The molecule has 0 aliphatic heterocycles. The molecule has 102 valence electrons. The van der Waals surface area contributed by atoms with Gasteiger partial charge in [-0.2, -0.15) is 0 Å². The fourth-order valence-corrected chi connectivity index (χ4v) is 2.16. The van der Waals surface area contributed by atoms with Crippen molar-refractivity contribution < 1.29 is 19.4 Å². The Morgan fingerprint density at radius 2 is 2.11 bits per heavy atom. The molecule has 1 heterocycles. The third-order valence-corrected chi connectivity index (χ3v) is 3.17. The molecule has 1 aromatic heterocycles. The minimum atomic E-state index is -0.979. The van der Waals surface area contributed by atoms with E-state index in [9.17, 15) is 4.79 Å².